The van der Waals surface area contributed by atoms with Crippen LogP contribution in [0.5, 0.6) is 0 Å². The molecule has 2 atom stereocenters. The second-order valence-electron chi connectivity index (χ2n) is 3.74. The predicted octanol–water partition coefficient (Wildman–Crippen LogP) is 1.55. The van der Waals surface area contributed by atoms with E-state index in [0.717, 1.165) is 5.75 Å². The summed E-state index contributed by atoms with van der Waals surface area (Å²) in [5, 5.41) is 0.412. The normalized spacial score (nSPS) is 30.5. The highest BCUT2D eigenvalue weighted by atomic mass is 32.2. The quantitative estimate of drug-likeness (QED) is 0.747. The van der Waals surface area contributed by atoms with Crippen LogP contribution in [0.25, 0.3) is 0 Å². The molecule has 0 amide bonds. The van der Waals surface area contributed by atoms with Gasteiger partial charge < -0.3 is 0 Å². The molecule has 84 valence electrons. The summed E-state index contributed by atoms with van der Waals surface area (Å²) in [6.45, 7) is 6.69. The molecule has 0 saturated carbocycles. The van der Waals surface area contributed by atoms with E-state index in [4.69, 9.17) is 0 Å². The third-order valence-corrected chi connectivity index (χ3v) is 6.14. The molecule has 1 fully saturated rings. The summed E-state index contributed by atoms with van der Waals surface area (Å²) in [7, 11) is -3.00. The van der Waals surface area contributed by atoms with Crippen LogP contribution in [0.15, 0.2) is 0 Å². The monoisotopic (exact) mass is 237 g/mol. The van der Waals surface area contributed by atoms with Crippen molar-refractivity contribution < 1.29 is 8.42 Å². The molecule has 0 aromatic heterocycles. The van der Waals surface area contributed by atoms with Gasteiger partial charge in [0.2, 0.25) is 10.0 Å². The van der Waals surface area contributed by atoms with Gasteiger partial charge in [0.1, 0.15) is 0 Å². The zero-order valence-corrected chi connectivity index (χ0v) is 10.7. The van der Waals surface area contributed by atoms with Crippen LogP contribution < -0.4 is 0 Å². The van der Waals surface area contributed by atoms with Crippen molar-refractivity contribution in [2.75, 3.05) is 18.1 Å². The Balaban J connectivity index is 2.76. The van der Waals surface area contributed by atoms with E-state index in [2.05, 4.69) is 6.92 Å². The predicted molar refractivity (Wildman–Crippen MR) is 62.2 cm³/mol. The molecule has 2 unspecified atom stereocenters. The Labute approximate surface area is 91.3 Å². The van der Waals surface area contributed by atoms with Crippen molar-refractivity contribution in [3.8, 4) is 0 Å². The van der Waals surface area contributed by atoms with Crippen molar-refractivity contribution in [3.05, 3.63) is 0 Å². The summed E-state index contributed by atoms with van der Waals surface area (Å²) >= 11 is 1.86. The van der Waals surface area contributed by atoms with Crippen LogP contribution in [-0.2, 0) is 10.0 Å². The first kappa shape index (κ1) is 12.3. The lowest BCUT2D eigenvalue weighted by molar-refractivity contribution is 0.340. The fourth-order valence-corrected chi connectivity index (χ4v) is 4.77. The van der Waals surface area contributed by atoms with Crippen LogP contribution in [0.1, 0.15) is 27.2 Å². The van der Waals surface area contributed by atoms with Gasteiger partial charge in [-0.2, -0.15) is 16.1 Å². The van der Waals surface area contributed by atoms with E-state index in [9.17, 15) is 8.42 Å². The zero-order chi connectivity index (χ0) is 10.8. The van der Waals surface area contributed by atoms with Gasteiger partial charge in [0.15, 0.2) is 0 Å². The lowest BCUT2D eigenvalue weighted by Crippen LogP contribution is -2.48. The van der Waals surface area contributed by atoms with Gasteiger partial charge in [-0.25, -0.2) is 8.42 Å². The highest BCUT2D eigenvalue weighted by Crippen LogP contribution is 2.26. The van der Waals surface area contributed by atoms with Gasteiger partial charge >= 0.3 is 0 Å². The van der Waals surface area contributed by atoms with Crippen molar-refractivity contribution >= 4 is 21.8 Å². The Morgan fingerprint density at radius 2 is 2.07 bits per heavy atom. The minimum absolute atomic E-state index is 0.144. The van der Waals surface area contributed by atoms with E-state index in [0.29, 0.717) is 18.2 Å². The fraction of sp³-hybridized carbons (Fsp3) is 1.00. The second kappa shape index (κ2) is 4.86. The lowest BCUT2D eigenvalue weighted by atomic mass is 10.2. The third-order valence-electron chi connectivity index (χ3n) is 2.65. The summed E-state index contributed by atoms with van der Waals surface area (Å²) in [5.74, 6) is 1.21. The third kappa shape index (κ3) is 2.64. The van der Waals surface area contributed by atoms with E-state index < -0.39 is 10.0 Å². The molecule has 0 spiro atoms. The standard InChI is InChI=1S/C9H19NO2S2/c1-4-7-14(11,12)10-5-6-13-9(3)8(10)2/h8-9H,4-7H2,1-3H3. The lowest BCUT2D eigenvalue weighted by Gasteiger charge is -2.36. The van der Waals surface area contributed by atoms with E-state index in [-0.39, 0.29) is 11.8 Å². The fourth-order valence-electron chi connectivity index (χ4n) is 1.67. The highest BCUT2D eigenvalue weighted by Gasteiger charge is 2.32. The summed E-state index contributed by atoms with van der Waals surface area (Å²) < 4.78 is 25.4. The van der Waals surface area contributed by atoms with E-state index in [1.807, 2.05) is 25.6 Å². The second-order valence-corrected chi connectivity index (χ2v) is 7.27. The number of hydrogen-bond donors (Lipinski definition) is 0. The topological polar surface area (TPSA) is 37.4 Å². The maximum Gasteiger partial charge on any atom is 0.214 e. The first-order valence-electron chi connectivity index (χ1n) is 5.10. The summed E-state index contributed by atoms with van der Waals surface area (Å²) in [6.07, 6.45) is 0.701. The average Bonchev–Trinajstić information content (AvgIpc) is 2.09. The Hall–Kier alpha value is 0.260. The number of nitrogens with zero attached hydrogens (tertiary/aromatic N) is 1. The van der Waals surface area contributed by atoms with Crippen LogP contribution in [0, 0.1) is 0 Å². The number of thioether (sulfide) groups is 1. The molecule has 0 radical (unpaired) electrons. The summed E-state index contributed by atoms with van der Waals surface area (Å²) in [5.41, 5.74) is 0. The van der Waals surface area contributed by atoms with E-state index in [1.165, 1.54) is 0 Å². The van der Waals surface area contributed by atoms with Crippen LogP contribution in [-0.4, -0.2) is 42.1 Å². The molecule has 0 aliphatic carbocycles. The van der Waals surface area contributed by atoms with Gasteiger partial charge in [-0.05, 0) is 13.3 Å². The first-order valence-corrected chi connectivity index (χ1v) is 7.76. The summed E-state index contributed by atoms with van der Waals surface area (Å²) in [4.78, 5) is 0. The average molecular weight is 237 g/mol. The van der Waals surface area contributed by atoms with Crippen molar-refractivity contribution in [2.24, 2.45) is 0 Å². The minimum atomic E-state index is -3.00. The van der Waals surface area contributed by atoms with E-state index in [1.54, 1.807) is 4.31 Å². The molecule has 14 heavy (non-hydrogen) atoms. The van der Waals surface area contributed by atoms with Crippen LogP contribution in [0.3, 0.4) is 0 Å². The highest BCUT2D eigenvalue weighted by molar-refractivity contribution is 8.00. The molecule has 1 rings (SSSR count). The molecule has 0 aromatic rings. The largest absolute Gasteiger partial charge is 0.214 e. The molecule has 0 N–H and O–H groups in total. The molecular weight excluding hydrogens is 218 g/mol. The zero-order valence-electron chi connectivity index (χ0n) is 9.06. The summed E-state index contributed by atoms with van der Waals surface area (Å²) in [6, 6.07) is 0.144. The maximum atomic E-state index is 11.9. The Bertz CT molecular complexity index is 277. The number of sulfonamides is 1. The van der Waals surface area contributed by atoms with Gasteiger partial charge in [-0.1, -0.05) is 13.8 Å². The number of rotatable bonds is 3. The molecule has 1 heterocycles. The molecule has 1 aliphatic rings. The van der Waals surface area contributed by atoms with Crippen LogP contribution >= 0.6 is 11.8 Å². The molecule has 1 saturated heterocycles. The van der Waals surface area contributed by atoms with Crippen LogP contribution in [0.4, 0.5) is 0 Å². The SMILES string of the molecule is CCCS(=O)(=O)N1CCSC(C)C1C. The van der Waals surface area contributed by atoms with Gasteiger partial charge in [-0.3, -0.25) is 0 Å². The van der Waals surface area contributed by atoms with Crippen LogP contribution in [0.2, 0.25) is 0 Å². The molecule has 0 aromatic carbocycles. The van der Waals surface area contributed by atoms with Gasteiger partial charge in [0, 0.05) is 23.6 Å². The molecule has 5 heteroatoms. The first-order chi connectivity index (χ1) is 6.49. The Kier molecular flexibility index (Phi) is 4.28. The van der Waals surface area contributed by atoms with Crippen molar-refractivity contribution in [1.29, 1.82) is 0 Å². The van der Waals surface area contributed by atoms with Gasteiger partial charge in [0.05, 0.1) is 5.75 Å². The molecule has 0 bridgehead atoms. The van der Waals surface area contributed by atoms with Crippen molar-refractivity contribution in [1.82, 2.24) is 4.31 Å². The minimum Gasteiger partial charge on any atom is -0.212 e. The van der Waals surface area contributed by atoms with Crippen molar-refractivity contribution in [3.63, 3.8) is 0 Å². The molecule has 1 aliphatic heterocycles. The smallest absolute Gasteiger partial charge is 0.212 e. The van der Waals surface area contributed by atoms with Gasteiger partial charge in [0.25, 0.3) is 0 Å². The molecule has 3 nitrogen and oxygen atoms in total. The maximum absolute atomic E-state index is 11.9. The number of hydrogen-bond acceptors (Lipinski definition) is 3. The Morgan fingerprint density at radius 3 is 2.64 bits per heavy atom. The van der Waals surface area contributed by atoms with Crippen molar-refractivity contribution in [2.45, 2.75) is 38.5 Å². The van der Waals surface area contributed by atoms with E-state index >= 15 is 0 Å². The molecular formula is C9H19NO2S2. The van der Waals surface area contributed by atoms with Gasteiger partial charge in [-0.15, -0.1) is 0 Å². The Morgan fingerprint density at radius 1 is 1.43 bits per heavy atom.